The van der Waals surface area contributed by atoms with E-state index < -0.39 is 0 Å². The molecule has 2 atom stereocenters. The van der Waals surface area contributed by atoms with Crippen molar-refractivity contribution in [3.63, 3.8) is 0 Å². The molecule has 160 valence electrons. The fourth-order valence-electron chi connectivity index (χ4n) is 3.49. The zero-order valence-electron chi connectivity index (χ0n) is 17.9. The third kappa shape index (κ3) is 6.08. The maximum atomic E-state index is 5.21. The Labute approximate surface area is 190 Å². The van der Waals surface area contributed by atoms with Gasteiger partial charge in [-0.25, -0.2) is 4.68 Å². The van der Waals surface area contributed by atoms with Crippen molar-refractivity contribution in [2.45, 2.75) is 39.4 Å². The lowest BCUT2D eigenvalue weighted by Crippen LogP contribution is -2.46. The summed E-state index contributed by atoms with van der Waals surface area (Å²) in [6.45, 7) is 9.59. The lowest BCUT2D eigenvalue weighted by molar-refractivity contribution is 0.265. The summed E-state index contributed by atoms with van der Waals surface area (Å²) >= 11 is 0. The molecule has 1 aliphatic heterocycles. The smallest absolute Gasteiger partial charge is 0.191 e. The standard InChI is InChI=1S/C21H32N6O.HI/c1-15(2)26-13-16(3)20(14-26)24-21(22-4)23-12-17-10-11-27(25-17)18-6-8-19(28-5)9-7-18;/h6-11,15-16,20H,12-14H2,1-5H3,(H2,22,23,24);1H. The van der Waals surface area contributed by atoms with Crippen LogP contribution < -0.4 is 15.4 Å². The van der Waals surface area contributed by atoms with E-state index in [2.05, 4.69) is 46.4 Å². The number of methoxy groups -OCH3 is 1. The molecule has 1 aromatic carbocycles. The van der Waals surface area contributed by atoms with E-state index in [-0.39, 0.29) is 24.0 Å². The molecule has 29 heavy (non-hydrogen) atoms. The number of halogens is 1. The number of ether oxygens (including phenoxy) is 1. The molecular formula is C21H33IN6O. The number of nitrogens with zero attached hydrogens (tertiary/aromatic N) is 4. The predicted molar refractivity (Wildman–Crippen MR) is 129 cm³/mol. The Kier molecular flexibility index (Phi) is 8.76. The van der Waals surface area contributed by atoms with Crippen molar-refractivity contribution < 1.29 is 4.74 Å². The van der Waals surface area contributed by atoms with Crippen LogP contribution in [0.15, 0.2) is 41.5 Å². The molecule has 2 heterocycles. The van der Waals surface area contributed by atoms with Gasteiger partial charge >= 0.3 is 0 Å². The number of nitrogens with one attached hydrogen (secondary N) is 2. The van der Waals surface area contributed by atoms with Crippen LogP contribution in [0.1, 0.15) is 26.5 Å². The van der Waals surface area contributed by atoms with E-state index in [0.29, 0.717) is 24.5 Å². The summed E-state index contributed by atoms with van der Waals surface area (Å²) in [5, 5.41) is 11.6. The molecule has 0 saturated carbocycles. The van der Waals surface area contributed by atoms with Crippen LogP contribution in [0.3, 0.4) is 0 Å². The monoisotopic (exact) mass is 512 g/mol. The van der Waals surface area contributed by atoms with Gasteiger partial charge in [-0.1, -0.05) is 6.92 Å². The first-order valence-corrected chi connectivity index (χ1v) is 9.90. The second kappa shape index (κ2) is 10.8. The van der Waals surface area contributed by atoms with Crippen molar-refractivity contribution in [1.29, 1.82) is 0 Å². The van der Waals surface area contributed by atoms with Crippen molar-refractivity contribution in [2.24, 2.45) is 10.9 Å². The van der Waals surface area contributed by atoms with Crippen molar-refractivity contribution in [2.75, 3.05) is 27.2 Å². The molecule has 0 bridgehead atoms. The van der Waals surface area contributed by atoms with Crippen LogP contribution >= 0.6 is 24.0 Å². The maximum absolute atomic E-state index is 5.21. The van der Waals surface area contributed by atoms with Gasteiger partial charge in [-0.15, -0.1) is 24.0 Å². The van der Waals surface area contributed by atoms with E-state index in [1.165, 1.54) is 0 Å². The van der Waals surface area contributed by atoms with Gasteiger partial charge in [-0.3, -0.25) is 9.89 Å². The number of aromatic nitrogens is 2. The van der Waals surface area contributed by atoms with Crippen LogP contribution in [0.2, 0.25) is 0 Å². The van der Waals surface area contributed by atoms with Crippen LogP contribution in [-0.4, -0.2) is 60.0 Å². The number of hydrogen-bond donors (Lipinski definition) is 2. The highest BCUT2D eigenvalue weighted by Gasteiger charge is 2.31. The normalized spacial score (nSPS) is 19.9. The van der Waals surface area contributed by atoms with Crippen molar-refractivity contribution in [3.05, 3.63) is 42.2 Å². The van der Waals surface area contributed by atoms with E-state index in [1.807, 2.05) is 48.3 Å². The third-order valence-corrected chi connectivity index (χ3v) is 5.33. The summed E-state index contributed by atoms with van der Waals surface area (Å²) in [6, 6.07) is 10.9. The zero-order valence-corrected chi connectivity index (χ0v) is 20.3. The Morgan fingerprint density at radius 2 is 1.97 bits per heavy atom. The Balaban J connectivity index is 0.00000300. The van der Waals surface area contributed by atoms with E-state index in [0.717, 1.165) is 36.2 Å². The van der Waals surface area contributed by atoms with E-state index in [9.17, 15) is 0 Å². The first-order chi connectivity index (χ1) is 13.5. The molecule has 7 nitrogen and oxygen atoms in total. The third-order valence-electron chi connectivity index (χ3n) is 5.33. The molecule has 2 aromatic rings. The van der Waals surface area contributed by atoms with E-state index in [1.54, 1.807) is 7.11 Å². The van der Waals surface area contributed by atoms with Gasteiger partial charge in [0.15, 0.2) is 5.96 Å². The van der Waals surface area contributed by atoms with E-state index in [4.69, 9.17) is 4.74 Å². The number of likely N-dealkylation sites (tertiary alicyclic amines) is 1. The molecule has 1 fully saturated rings. The Bertz CT molecular complexity index is 789. The molecule has 2 unspecified atom stereocenters. The molecule has 2 N–H and O–H groups in total. The lowest BCUT2D eigenvalue weighted by atomic mass is 10.1. The van der Waals surface area contributed by atoms with Gasteiger partial charge in [0.05, 0.1) is 25.0 Å². The van der Waals surface area contributed by atoms with Gasteiger partial charge < -0.3 is 15.4 Å². The predicted octanol–water partition coefficient (Wildman–Crippen LogP) is 2.89. The number of rotatable bonds is 6. The average molecular weight is 512 g/mol. The van der Waals surface area contributed by atoms with E-state index >= 15 is 0 Å². The fraction of sp³-hybridized carbons (Fsp3) is 0.524. The first kappa shape index (κ1) is 23.5. The molecule has 1 aromatic heterocycles. The van der Waals surface area contributed by atoms with Gasteiger partial charge in [-0.05, 0) is 50.1 Å². The van der Waals surface area contributed by atoms with Gasteiger partial charge in [0.25, 0.3) is 0 Å². The van der Waals surface area contributed by atoms with Crippen molar-refractivity contribution >= 4 is 29.9 Å². The number of benzene rings is 1. The average Bonchev–Trinajstić information content (AvgIpc) is 3.32. The highest BCUT2D eigenvalue weighted by Crippen LogP contribution is 2.18. The first-order valence-electron chi connectivity index (χ1n) is 9.90. The van der Waals surface area contributed by atoms with Crippen LogP contribution in [0, 0.1) is 5.92 Å². The largest absolute Gasteiger partial charge is 0.497 e. The summed E-state index contributed by atoms with van der Waals surface area (Å²) < 4.78 is 7.07. The van der Waals surface area contributed by atoms with Crippen LogP contribution in [0.5, 0.6) is 5.75 Å². The molecule has 0 spiro atoms. The number of guanidine groups is 1. The quantitative estimate of drug-likeness (QED) is 0.354. The molecular weight excluding hydrogens is 479 g/mol. The summed E-state index contributed by atoms with van der Waals surface area (Å²) in [5.41, 5.74) is 1.96. The minimum atomic E-state index is 0. The van der Waals surface area contributed by atoms with Crippen LogP contribution in [0.25, 0.3) is 5.69 Å². The van der Waals surface area contributed by atoms with Crippen molar-refractivity contribution in [1.82, 2.24) is 25.3 Å². The van der Waals surface area contributed by atoms with Crippen LogP contribution in [-0.2, 0) is 6.54 Å². The Morgan fingerprint density at radius 3 is 2.55 bits per heavy atom. The Morgan fingerprint density at radius 1 is 1.24 bits per heavy atom. The molecule has 1 saturated heterocycles. The van der Waals surface area contributed by atoms with Crippen molar-refractivity contribution in [3.8, 4) is 11.4 Å². The van der Waals surface area contributed by atoms with Gasteiger partial charge in [0, 0.05) is 38.4 Å². The minimum Gasteiger partial charge on any atom is -0.497 e. The second-order valence-electron chi connectivity index (χ2n) is 7.65. The molecule has 8 heteroatoms. The molecule has 0 radical (unpaired) electrons. The fourth-order valence-corrected chi connectivity index (χ4v) is 3.49. The molecule has 0 aliphatic carbocycles. The summed E-state index contributed by atoms with van der Waals surface area (Å²) in [6.07, 6.45) is 1.97. The Hall–Kier alpha value is -1.81. The SMILES string of the molecule is CN=C(NCc1ccn(-c2ccc(OC)cc2)n1)NC1CN(C(C)C)CC1C.I. The zero-order chi connectivity index (χ0) is 20.1. The maximum Gasteiger partial charge on any atom is 0.191 e. The highest BCUT2D eigenvalue weighted by molar-refractivity contribution is 14.0. The molecule has 0 amide bonds. The van der Waals surface area contributed by atoms with Crippen LogP contribution in [0.4, 0.5) is 0 Å². The minimum absolute atomic E-state index is 0. The van der Waals surface area contributed by atoms with Gasteiger partial charge in [0.2, 0.25) is 0 Å². The number of hydrogen-bond acceptors (Lipinski definition) is 4. The second-order valence-corrected chi connectivity index (χ2v) is 7.65. The topological polar surface area (TPSA) is 66.7 Å². The summed E-state index contributed by atoms with van der Waals surface area (Å²) in [4.78, 5) is 6.89. The molecule has 1 aliphatic rings. The highest BCUT2D eigenvalue weighted by atomic mass is 127. The summed E-state index contributed by atoms with van der Waals surface area (Å²) in [5.74, 6) is 2.25. The number of aliphatic imine (C=N–C) groups is 1. The lowest BCUT2D eigenvalue weighted by Gasteiger charge is -2.21. The summed E-state index contributed by atoms with van der Waals surface area (Å²) in [7, 11) is 3.48. The molecule has 3 rings (SSSR count). The van der Waals surface area contributed by atoms with Gasteiger partial charge in [0.1, 0.15) is 5.75 Å². The van der Waals surface area contributed by atoms with Gasteiger partial charge in [-0.2, -0.15) is 5.10 Å².